The van der Waals surface area contributed by atoms with Crippen molar-refractivity contribution < 1.29 is 9.72 Å². The quantitative estimate of drug-likeness (QED) is 0.634. The molecule has 23 heavy (non-hydrogen) atoms. The Hall–Kier alpha value is -1.60. The van der Waals surface area contributed by atoms with E-state index in [4.69, 9.17) is 5.73 Å². The van der Waals surface area contributed by atoms with E-state index in [1.165, 1.54) is 12.1 Å². The van der Waals surface area contributed by atoms with E-state index in [2.05, 4.69) is 0 Å². The zero-order valence-corrected chi connectivity index (χ0v) is 14.1. The summed E-state index contributed by atoms with van der Waals surface area (Å²) in [5.41, 5.74) is 6.75. The first kappa shape index (κ1) is 17.7. The average molecular weight is 337 g/mol. The molecule has 1 heterocycles. The second-order valence-corrected chi connectivity index (χ2v) is 7.24. The average Bonchev–Trinajstić information content (AvgIpc) is 2.55. The lowest BCUT2D eigenvalue weighted by Crippen LogP contribution is -2.45. The minimum absolute atomic E-state index is 0.0233. The maximum atomic E-state index is 12.4. The fraction of sp³-hybridized carbons (Fsp3) is 0.562. The highest BCUT2D eigenvalue weighted by atomic mass is 32.2. The molecule has 1 fully saturated rings. The van der Waals surface area contributed by atoms with Crippen LogP contribution in [0.1, 0.15) is 18.4 Å². The van der Waals surface area contributed by atoms with Crippen molar-refractivity contribution in [2.75, 3.05) is 25.1 Å². The maximum absolute atomic E-state index is 12.4. The van der Waals surface area contributed by atoms with Crippen LogP contribution < -0.4 is 5.73 Å². The number of benzene rings is 1. The van der Waals surface area contributed by atoms with Crippen molar-refractivity contribution in [1.82, 2.24) is 4.90 Å². The smallest absolute Gasteiger partial charge is 0.269 e. The highest BCUT2D eigenvalue weighted by molar-refractivity contribution is 7.99. The molecule has 126 valence electrons. The fourth-order valence-electron chi connectivity index (χ4n) is 2.83. The molecule has 0 radical (unpaired) electrons. The second kappa shape index (κ2) is 8.31. The summed E-state index contributed by atoms with van der Waals surface area (Å²) in [4.78, 5) is 24.5. The number of non-ortho nitro benzene ring substituents is 1. The van der Waals surface area contributed by atoms with Gasteiger partial charge >= 0.3 is 0 Å². The Bertz CT molecular complexity index is 561. The fourth-order valence-corrected chi connectivity index (χ4v) is 4.03. The van der Waals surface area contributed by atoms with Crippen molar-refractivity contribution >= 4 is 23.4 Å². The SMILES string of the molecule is CN(CC1CCSCC1)C(=O)[C@@H](N)Cc1cccc([N+](=O)[O-])c1. The standard InChI is InChI=1S/C16H23N3O3S/c1-18(11-12-5-7-23-8-6-12)16(20)15(17)10-13-3-2-4-14(9-13)19(21)22/h2-4,9,12,15H,5-8,10-11,17H2,1H3/t15-/m0/s1. The Kier molecular flexibility index (Phi) is 6.41. The minimum Gasteiger partial charge on any atom is -0.344 e. The van der Waals surface area contributed by atoms with Crippen LogP contribution in [0.2, 0.25) is 0 Å². The number of hydrogen-bond acceptors (Lipinski definition) is 5. The highest BCUT2D eigenvalue weighted by Gasteiger charge is 2.23. The van der Waals surface area contributed by atoms with Crippen molar-refractivity contribution in [2.24, 2.45) is 11.7 Å². The number of nitro groups is 1. The first-order valence-electron chi connectivity index (χ1n) is 7.79. The van der Waals surface area contributed by atoms with Crippen molar-refractivity contribution in [2.45, 2.75) is 25.3 Å². The summed E-state index contributed by atoms with van der Waals surface area (Å²) >= 11 is 1.96. The van der Waals surface area contributed by atoms with Gasteiger partial charge in [-0.1, -0.05) is 12.1 Å². The lowest BCUT2D eigenvalue weighted by Gasteiger charge is -2.28. The maximum Gasteiger partial charge on any atom is 0.269 e. The molecule has 1 atom stereocenters. The molecule has 0 aliphatic carbocycles. The van der Waals surface area contributed by atoms with Gasteiger partial charge in [-0.25, -0.2) is 0 Å². The van der Waals surface area contributed by atoms with Crippen LogP contribution in [0.15, 0.2) is 24.3 Å². The van der Waals surface area contributed by atoms with E-state index in [9.17, 15) is 14.9 Å². The van der Waals surface area contributed by atoms with Gasteiger partial charge in [-0.15, -0.1) is 0 Å². The van der Waals surface area contributed by atoms with Crippen molar-refractivity contribution in [1.29, 1.82) is 0 Å². The van der Waals surface area contributed by atoms with Crippen LogP contribution in [-0.2, 0) is 11.2 Å². The molecule has 1 aromatic rings. The predicted octanol–water partition coefficient (Wildman–Crippen LogP) is 2.07. The van der Waals surface area contributed by atoms with Gasteiger partial charge in [0.25, 0.3) is 5.69 Å². The van der Waals surface area contributed by atoms with Crippen LogP contribution >= 0.6 is 11.8 Å². The van der Waals surface area contributed by atoms with Crippen molar-refractivity contribution in [3.05, 3.63) is 39.9 Å². The van der Waals surface area contributed by atoms with Gasteiger partial charge in [-0.2, -0.15) is 11.8 Å². The minimum atomic E-state index is -0.667. The van der Waals surface area contributed by atoms with Crippen LogP contribution in [0.3, 0.4) is 0 Å². The monoisotopic (exact) mass is 337 g/mol. The summed E-state index contributed by atoms with van der Waals surface area (Å²) in [6, 6.07) is 5.63. The van der Waals surface area contributed by atoms with Crippen LogP contribution in [0, 0.1) is 16.0 Å². The molecule has 1 amide bonds. The molecule has 1 aliphatic heterocycles. The number of nitro benzene ring substituents is 1. The molecule has 1 saturated heterocycles. The molecule has 0 saturated carbocycles. The van der Waals surface area contributed by atoms with E-state index in [1.807, 2.05) is 11.8 Å². The first-order valence-corrected chi connectivity index (χ1v) is 8.94. The topological polar surface area (TPSA) is 89.5 Å². The number of amides is 1. The number of likely N-dealkylation sites (N-methyl/N-ethyl adjacent to an activating group) is 1. The zero-order chi connectivity index (χ0) is 16.8. The van der Waals surface area contributed by atoms with E-state index in [0.717, 1.165) is 30.9 Å². The van der Waals surface area contributed by atoms with Gasteiger partial charge in [0.2, 0.25) is 5.91 Å². The second-order valence-electron chi connectivity index (χ2n) is 6.01. The molecule has 0 bridgehead atoms. The van der Waals surface area contributed by atoms with Crippen molar-refractivity contribution in [3.8, 4) is 0 Å². The van der Waals surface area contributed by atoms with Gasteiger partial charge in [-0.3, -0.25) is 14.9 Å². The van der Waals surface area contributed by atoms with Gasteiger partial charge in [0.15, 0.2) is 0 Å². The predicted molar refractivity (Wildman–Crippen MR) is 92.5 cm³/mol. The molecule has 2 N–H and O–H groups in total. The lowest BCUT2D eigenvalue weighted by molar-refractivity contribution is -0.384. The van der Waals surface area contributed by atoms with Crippen LogP contribution in [0.5, 0.6) is 0 Å². The molecule has 0 spiro atoms. The number of hydrogen-bond donors (Lipinski definition) is 1. The Morgan fingerprint density at radius 1 is 1.48 bits per heavy atom. The van der Waals surface area contributed by atoms with Gasteiger partial charge in [0.1, 0.15) is 0 Å². The van der Waals surface area contributed by atoms with Gasteiger partial charge < -0.3 is 10.6 Å². The summed E-state index contributed by atoms with van der Waals surface area (Å²) < 4.78 is 0. The molecule has 0 unspecified atom stereocenters. The number of nitrogens with two attached hydrogens (primary N) is 1. The third-order valence-corrected chi connectivity index (χ3v) is 5.19. The third-order valence-electron chi connectivity index (χ3n) is 4.14. The van der Waals surface area contributed by atoms with Crippen molar-refractivity contribution in [3.63, 3.8) is 0 Å². The normalized spacial score (nSPS) is 16.8. The molecule has 6 nitrogen and oxygen atoms in total. The number of carbonyl (C=O) groups is 1. The Labute approximate surface area is 140 Å². The third kappa shape index (κ3) is 5.21. The number of carbonyl (C=O) groups excluding carboxylic acids is 1. The zero-order valence-electron chi connectivity index (χ0n) is 13.3. The largest absolute Gasteiger partial charge is 0.344 e. The number of rotatable bonds is 6. The molecule has 7 heteroatoms. The molecule has 1 aromatic carbocycles. The summed E-state index contributed by atoms with van der Waals surface area (Å²) in [6.07, 6.45) is 2.59. The van der Waals surface area contributed by atoms with E-state index >= 15 is 0 Å². The van der Waals surface area contributed by atoms with Gasteiger partial charge in [0, 0.05) is 25.7 Å². The molecule has 1 aliphatic rings. The highest BCUT2D eigenvalue weighted by Crippen LogP contribution is 2.23. The Morgan fingerprint density at radius 2 is 2.17 bits per heavy atom. The lowest BCUT2D eigenvalue weighted by atomic mass is 10.0. The molecular weight excluding hydrogens is 314 g/mol. The van der Waals surface area contributed by atoms with E-state index in [1.54, 1.807) is 24.1 Å². The van der Waals surface area contributed by atoms with Gasteiger partial charge in [0.05, 0.1) is 11.0 Å². The van der Waals surface area contributed by atoms with E-state index in [0.29, 0.717) is 17.9 Å². The van der Waals surface area contributed by atoms with Crippen LogP contribution in [-0.4, -0.2) is 46.9 Å². The summed E-state index contributed by atoms with van der Waals surface area (Å²) in [5, 5.41) is 10.8. The van der Waals surface area contributed by atoms with E-state index in [-0.39, 0.29) is 11.6 Å². The van der Waals surface area contributed by atoms with Crippen LogP contribution in [0.4, 0.5) is 5.69 Å². The van der Waals surface area contributed by atoms with E-state index < -0.39 is 11.0 Å². The number of nitrogens with zero attached hydrogens (tertiary/aromatic N) is 2. The van der Waals surface area contributed by atoms with Crippen LogP contribution in [0.25, 0.3) is 0 Å². The Morgan fingerprint density at radius 3 is 2.83 bits per heavy atom. The Balaban J connectivity index is 1.90. The molecule has 2 rings (SSSR count). The first-order chi connectivity index (χ1) is 11.0. The molecular formula is C16H23N3O3S. The summed E-state index contributed by atoms with van der Waals surface area (Å²) in [6.45, 7) is 0.738. The van der Waals surface area contributed by atoms with Gasteiger partial charge in [-0.05, 0) is 42.2 Å². The summed E-state index contributed by atoms with van der Waals surface area (Å²) in [7, 11) is 1.79. The number of thioether (sulfide) groups is 1. The summed E-state index contributed by atoms with van der Waals surface area (Å²) in [5.74, 6) is 2.77. The molecule has 0 aromatic heterocycles.